The van der Waals surface area contributed by atoms with E-state index in [2.05, 4.69) is 14.7 Å². The van der Waals surface area contributed by atoms with Gasteiger partial charge in [-0.05, 0) is 26.0 Å². The minimum absolute atomic E-state index is 0.000113. The highest BCUT2D eigenvalue weighted by molar-refractivity contribution is 7.92. The summed E-state index contributed by atoms with van der Waals surface area (Å²) in [6.07, 6.45) is 1.04. The Labute approximate surface area is 122 Å². The molecule has 0 unspecified atom stereocenters. The molecule has 0 aliphatic rings. The number of aryl methyl sites for hydroxylation is 2. The minimum atomic E-state index is -3.43. The van der Waals surface area contributed by atoms with Gasteiger partial charge in [-0.3, -0.25) is 4.72 Å². The average molecular weight is 311 g/mol. The van der Waals surface area contributed by atoms with E-state index in [0.717, 1.165) is 6.26 Å². The van der Waals surface area contributed by atoms with Crippen LogP contribution < -0.4 is 9.46 Å². The number of para-hydroxylation sites is 1. The molecule has 0 atom stereocenters. The fraction of sp³-hybridized carbons (Fsp3) is 0.231. The molecule has 1 N–H and O–H groups in total. The largest absolute Gasteiger partial charge is 0.421 e. The summed E-state index contributed by atoms with van der Waals surface area (Å²) in [5.41, 5.74) is 1.07. The minimum Gasteiger partial charge on any atom is -0.421 e. The molecule has 2 rings (SSSR count). The zero-order valence-corrected chi connectivity index (χ0v) is 12.5. The van der Waals surface area contributed by atoms with E-state index in [-0.39, 0.29) is 11.8 Å². The molecular formula is C13H14FN3O3S. The molecule has 0 aliphatic carbocycles. The Bertz CT molecular complexity index is 755. The number of hydrogen-bond donors (Lipinski definition) is 1. The van der Waals surface area contributed by atoms with Crippen molar-refractivity contribution >= 4 is 15.7 Å². The summed E-state index contributed by atoms with van der Waals surface area (Å²) in [5.74, 6) is -0.533. The van der Waals surface area contributed by atoms with Crippen molar-refractivity contribution in [3.8, 4) is 11.8 Å². The van der Waals surface area contributed by atoms with Crippen LogP contribution >= 0.6 is 0 Å². The Kier molecular flexibility index (Phi) is 4.08. The molecule has 0 fully saturated rings. The first kappa shape index (κ1) is 15.2. The van der Waals surface area contributed by atoms with Gasteiger partial charge in [-0.1, -0.05) is 12.1 Å². The molecule has 1 heterocycles. The third kappa shape index (κ3) is 3.88. The topological polar surface area (TPSA) is 81.2 Å². The number of nitrogens with zero attached hydrogens (tertiary/aromatic N) is 2. The van der Waals surface area contributed by atoms with Gasteiger partial charge in [0, 0.05) is 0 Å². The Morgan fingerprint density at radius 3 is 2.24 bits per heavy atom. The van der Waals surface area contributed by atoms with Gasteiger partial charge in [-0.25, -0.2) is 12.8 Å². The highest BCUT2D eigenvalue weighted by Gasteiger charge is 2.14. The number of benzene rings is 1. The van der Waals surface area contributed by atoms with E-state index >= 15 is 0 Å². The first-order valence-corrected chi connectivity index (χ1v) is 7.91. The normalized spacial score (nSPS) is 11.2. The molecule has 21 heavy (non-hydrogen) atoms. The van der Waals surface area contributed by atoms with Crippen molar-refractivity contribution in [3.05, 3.63) is 41.5 Å². The molecule has 6 nitrogen and oxygen atoms in total. The van der Waals surface area contributed by atoms with E-state index in [1.165, 1.54) is 12.1 Å². The Morgan fingerprint density at radius 1 is 1.14 bits per heavy atom. The molecule has 0 saturated heterocycles. The zero-order valence-electron chi connectivity index (χ0n) is 11.7. The highest BCUT2D eigenvalue weighted by Crippen LogP contribution is 2.25. The van der Waals surface area contributed by atoms with Crippen LogP contribution in [0.1, 0.15) is 11.4 Å². The van der Waals surface area contributed by atoms with Gasteiger partial charge in [0.15, 0.2) is 11.6 Å². The standard InChI is InChI=1S/C13H14FN3O3S/c1-8-12(17-21(3,18)19)9(2)16-13(15-8)20-11-7-5-4-6-10(11)14/h4-7,17H,1-3H3. The molecule has 0 radical (unpaired) electrons. The number of halogens is 1. The molecule has 2 aromatic rings. The molecule has 1 aromatic heterocycles. The third-order valence-electron chi connectivity index (χ3n) is 2.58. The smallest absolute Gasteiger partial charge is 0.322 e. The quantitative estimate of drug-likeness (QED) is 0.937. The first-order chi connectivity index (χ1) is 9.76. The fourth-order valence-electron chi connectivity index (χ4n) is 1.69. The van der Waals surface area contributed by atoms with Crippen molar-refractivity contribution in [3.63, 3.8) is 0 Å². The van der Waals surface area contributed by atoms with Crippen molar-refractivity contribution in [2.75, 3.05) is 11.0 Å². The van der Waals surface area contributed by atoms with Gasteiger partial charge >= 0.3 is 6.01 Å². The maximum absolute atomic E-state index is 13.5. The lowest BCUT2D eigenvalue weighted by Crippen LogP contribution is -2.13. The zero-order chi connectivity index (χ0) is 15.6. The van der Waals surface area contributed by atoms with E-state index in [1.807, 2.05) is 0 Å². The summed E-state index contributed by atoms with van der Waals surface area (Å²) in [7, 11) is -3.43. The van der Waals surface area contributed by atoms with E-state index in [1.54, 1.807) is 26.0 Å². The maximum Gasteiger partial charge on any atom is 0.322 e. The van der Waals surface area contributed by atoms with Gasteiger partial charge in [-0.15, -0.1) is 0 Å². The molecule has 0 spiro atoms. The predicted octanol–water partition coefficient (Wildman–Crippen LogP) is 2.40. The van der Waals surface area contributed by atoms with E-state index in [0.29, 0.717) is 17.1 Å². The van der Waals surface area contributed by atoms with E-state index < -0.39 is 15.8 Å². The Balaban J connectivity index is 2.34. The van der Waals surface area contributed by atoms with Gasteiger partial charge in [0.2, 0.25) is 10.0 Å². The molecule has 0 amide bonds. The number of anilines is 1. The van der Waals surface area contributed by atoms with Crippen LogP contribution in [0, 0.1) is 19.7 Å². The number of ether oxygens (including phenoxy) is 1. The highest BCUT2D eigenvalue weighted by atomic mass is 32.2. The molecule has 0 aliphatic heterocycles. The summed E-state index contributed by atoms with van der Waals surface area (Å²) >= 11 is 0. The summed E-state index contributed by atoms with van der Waals surface area (Å²) in [6, 6.07) is 5.82. The SMILES string of the molecule is Cc1nc(Oc2ccccc2F)nc(C)c1NS(C)(=O)=O. The van der Waals surface area contributed by atoms with Crippen molar-refractivity contribution in [1.82, 2.24) is 9.97 Å². The average Bonchev–Trinajstić information content (AvgIpc) is 2.36. The number of aromatic nitrogens is 2. The Hall–Kier alpha value is -2.22. The van der Waals surface area contributed by atoms with Gasteiger partial charge in [0.05, 0.1) is 23.3 Å². The van der Waals surface area contributed by atoms with Crippen LogP contribution in [-0.4, -0.2) is 24.6 Å². The van der Waals surface area contributed by atoms with Gasteiger partial charge in [0.1, 0.15) is 0 Å². The second-order valence-corrected chi connectivity index (χ2v) is 6.21. The Morgan fingerprint density at radius 2 is 1.71 bits per heavy atom. The van der Waals surface area contributed by atoms with Crippen LogP contribution in [0.5, 0.6) is 11.8 Å². The second kappa shape index (κ2) is 5.65. The van der Waals surface area contributed by atoms with Crippen LogP contribution in [0.25, 0.3) is 0 Å². The van der Waals surface area contributed by atoms with E-state index in [4.69, 9.17) is 4.74 Å². The number of sulfonamides is 1. The molecule has 1 aromatic carbocycles. The predicted molar refractivity (Wildman–Crippen MR) is 76.4 cm³/mol. The molecule has 0 saturated carbocycles. The molecular weight excluding hydrogens is 297 g/mol. The van der Waals surface area contributed by atoms with E-state index in [9.17, 15) is 12.8 Å². The molecule has 0 bridgehead atoms. The summed E-state index contributed by atoms with van der Waals surface area (Å²) in [6.45, 7) is 3.22. The van der Waals surface area contributed by atoms with Crippen LogP contribution in [0.3, 0.4) is 0 Å². The third-order valence-corrected chi connectivity index (χ3v) is 3.15. The lowest BCUT2D eigenvalue weighted by molar-refractivity contribution is 0.409. The van der Waals surface area contributed by atoms with Gasteiger partial charge < -0.3 is 4.74 Å². The number of nitrogens with one attached hydrogen (secondary N) is 1. The van der Waals surface area contributed by atoms with Crippen molar-refractivity contribution in [2.24, 2.45) is 0 Å². The van der Waals surface area contributed by atoms with Gasteiger partial charge in [-0.2, -0.15) is 9.97 Å². The second-order valence-electron chi connectivity index (χ2n) is 4.46. The maximum atomic E-state index is 13.5. The van der Waals surface area contributed by atoms with Gasteiger partial charge in [0.25, 0.3) is 0 Å². The van der Waals surface area contributed by atoms with Crippen LogP contribution in [0.2, 0.25) is 0 Å². The summed E-state index contributed by atoms with van der Waals surface area (Å²) in [4.78, 5) is 8.06. The lowest BCUT2D eigenvalue weighted by Gasteiger charge is -2.12. The van der Waals surface area contributed by atoms with Crippen molar-refractivity contribution in [2.45, 2.75) is 13.8 Å². The summed E-state index contributed by atoms with van der Waals surface area (Å²) < 4.78 is 43.7. The monoisotopic (exact) mass is 311 g/mol. The number of rotatable bonds is 4. The van der Waals surface area contributed by atoms with Crippen molar-refractivity contribution in [1.29, 1.82) is 0 Å². The van der Waals surface area contributed by atoms with Crippen LogP contribution in [0.4, 0.5) is 10.1 Å². The van der Waals surface area contributed by atoms with Crippen LogP contribution in [0.15, 0.2) is 24.3 Å². The van der Waals surface area contributed by atoms with Crippen molar-refractivity contribution < 1.29 is 17.5 Å². The fourth-order valence-corrected chi connectivity index (χ4v) is 2.36. The molecule has 112 valence electrons. The van der Waals surface area contributed by atoms with Crippen LogP contribution in [-0.2, 0) is 10.0 Å². The summed E-state index contributed by atoms with van der Waals surface area (Å²) in [5, 5.41) is 0. The molecule has 8 heteroatoms. The number of hydrogen-bond acceptors (Lipinski definition) is 5. The lowest BCUT2D eigenvalue weighted by atomic mass is 10.3. The first-order valence-electron chi connectivity index (χ1n) is 6.01.